The molecule has 32 heavy (non-hydrogen) atoms. The normalized spacial score (nSPS) is 14.8. The highest BCUT2D eigenvalue weighted by molar-refractivity contribution is 7.15. The van der Waals surface area contributed by atoms with Crippen LogP contribution in [0, 0.1) is 0 Å². The van der Waals surface area contributed by atoms with Gasteiger partial charge in [-0.25, -0.2) is 0 Å². The maximum absolute atomic E-state index is 13.3. The standard InChI is InChI=1S/C23H14N2O6S/c26-12-3-1-11(2-4-12)15-10-30-21-13(20(15)29)5-6-16-18(21)14(9-17(27)28)19-22(31-16)24-23-25(19)7-8-32-23/h1-8,10,14,26H,9H2,(H,27,28). The number of carbonyl (C=O) groups is 1. The number of aromatic hydroxyl groups is 1. The van der Waals surface area contributed by atoms with E-state index in [-0.39, 0.29) is 23.2 Å². The number of phenols is 1. The maximum Gasteiger partial charge on any atom is 0.304 e. The topological polar surface area (TPSA) is 114 Å². The predicted molar refractivity (Wildman–Crippen MR) is 117 cm³/mol. The number of nitrogens with zero attached hydrogens (tertiary/aromatic N) is 2. The van der Waals surface area contributed by atoms with Crippen LogP contribution in [0.1, 0.15) is 23.6 Å². The summed E-state index contributed by atoms with van der Waals surface area (Å²) in [5, 5.41) is 21.4. The fraction of sp³-hybridized carbons (Fsp3) is 0.0870. The Kier molecular flexibility index (Phi) is 3.90. The second-order valence-corrected chi connectivity index (χ2v) is 8.36. The van der Waals surface area contributed by atoms with Crippen LogP contribution < -0.4 is 10.2 Å². The number of fused-ring (bicyclic) bond motifs is 6. The molecule has 0 bridgehead atoms. The summed E-state index contributed by atoms with van der Waals surface area (Å²) in [7, 11) is 0. The summed E-state index contributed by atoms with van der Waals surface area (Å²) in [5.74, 6) is -0.722. The van der Waals surface area contributed by atoms with Crippen LogP contribution in [-0.2, 0) is 4.79 Å². The van der Waals surface area contributed by atoms with Gasteiger partial charge in [0.05, 0.1) is 23.1 Å². The molecule has 0 saturated carbocycles. The SMILES string of the molecule is O=C(O)CC1c2c(ccc3c(=O)c(-c4ccc(O)cc4)coc23)Oc2nc3sccn3c21. The zero-order chi connectivity index (χ0) is 22.0. The molecule has 2 N–H and O–H groups in total. The lowest BCUT2D eigenvalue weighted by Crippen LogP contribution is -2.17. The number of rotatable bonds is 3. The summed E-state index contributed by atoms with van der Waals surface area (Å²) in [5.41, 5.74) is 2.11. The molecule has 4 heterocycles. The third-order valence-corrected chi connectivity index (χ3v) is 6.40. The molecule has 1 aliphatic heterocycles. The number of carboxylic acids is 1. The molecule has 6 rings (SSSR count). The molecule has 8 nitrogen and oxygen atoms in total. The third-order valence-electron chi connectivity index (χ3n) is 5.65. The lowest BCUT2D eigenvalue weighted by atomic mass is 9.88. The predicted octanol–water partition coefficient (Wildman–Crippen LogP) is 4.59. The van der Waals surface area contributed by atoms with E-state index in [1.807, 2.05) is 16.0 Å². The Bertz CT molecular complexity index is 1600. The van der Waals surface area contributed by atoms with E-state index in [0.29, 0.717) is 44.4 Å². The molecule has 0 aliphatic carbocycles. The van der Waals surface area contributed by atoms with Crippen LogP contribution in [0.25, 0.3) is 27.1 Å². The van der Waals surface area contributed by atoms with Gasteiger partial charge in [0.25, 0.3) is 0 Å². The zero-order valence-corrected chi connectivity index (χ0v) is 17.1. The molecule has 5 aromatic rings. The molecule has 9 heteroatoms. The van der Waals surface area contributed by atoms with Gasteiger partial charge in [-0.1, -0.05) is 12.1 Å². The number of hydrogen-bond donors (Lipinski definition) is 2. The van der Waals surface area contributed by atoms with Gasteiger partial charge in [0.2, 0.25) is 11.3 Å². The van der Waals surface area contributed by atoms with Crippen molar-refractivity contribution in [1.29, 1.82) is 0 Å². The number of carboxylic acid groups (broad SMARTS) is 1. The number of ether oxygens (including phenoxy) is 1. The number of phenolic OH excluding ortho intramolecular Hbond substituents is 1. The van der Waals surface area contributed by atoms with Gasteiger partial charge < -0.3 is 19.4 Å². The van der Waals surface area contributed by atoms with Gasteiger partial charge in [0.1, 0.15) is 23.3 Å². The Morgan fingerprint density at radius 2 is 2.00 bits per heavy atom. The Labute approximate surface area is 183 Å². The number of imidazole rings is 1. The van der Waals surface area contributed by atoms with Crippen LogP contribution in [-0.4, -0.2) is 25.6 Å². The number of benzene rings is 2. The molecule has 0 radical (unpaired) electrons. The first-order valence-electron chi connectivity index (χ1n) is 9.74. The number of aromatic nitrogens is 2. The minimum atomic E-state index is -0.987. The van der Waals surface area contributed by atoms with E-state index in [4.69, 9.17) is 9.15 Å². The van der Waals surface area contributed by atoms with Crippen molar-refractivity contribution >= 4 is 33.2 Å². The van der Waals surface area contributed by atoms with Crippen molar-refractivity contribution in [2.45, 2.75) is 12.3 Å². The largest absolute Gasteiger partial charge is 0.508 e. The van der Waals surface area contributed by atoms with Crippen molar-refractivity contribution in [3.8, 4) is 28.5 Å². The van der Waals surface area contributed by atoms with Crippen molar-refractivity contribution < 1.29 is 24.2 Å². The zero-order valence-electron chi connectivity index (χ0n) is 16.3. The summed E-state index contributed by atoms with van der Waals surface area (Å²) >= 11 is 1.42. The van der Waals surface area contributed by atoms with Gasteiger partial charge in [0.15, 0.2) is 4.96 Å². The van der Waals surface area contributed by atoms with E-state index in [0.717, 1.165) is 0 Å². The molecule has 0 fully saturated rings. The molecular weight excluding hydrogens is 432 g/mol. The molecule has 2 aromatic carbocycles. The molecule has 1 atom stereocenters. The Balaban J connectivity index is 1.60. The first kappa shape index (κ1) is 18.6. The van der Waals surface area contributed by atoms with Crippen LogP contribution in [0.3, 0.4) is 0 Å². The van der Waals surface area contributed by atoms with Gasteiger partial charge in [0, 0.05) is 23.1 Å². The van der Waals surface area contributed by atoms with Crippen LogP contribution >= 0.6 is 11.3 Å². The van der Waals surface area contributed by atoms with Gasteiger partial charge in [-0.15, -0.1) is 11.3 Å². The Morgan fingerprint density at radius 1 is 1.19 bits per heavy atom. The third kappa shape index (κ3) is 2.64. The Hall–Kier alpha value is -4.11. The van der Waals surface area contributed by atoms with Crippen molar-refractivity contribution in [3.05, 3.63) is 75.7 Å². The second-order valence-electron chi connectivity index (χ2n) is 7.49. The first-order valence-corrected chi connectivity index (χ1v) is 10.6. The second kappa shape index (κ2) is 6.69. The van der Waals surface area contributed by atoms with E-state index < -0.39 is 11.9 Å². The summed E-state index contributed by atoms with van der Waals surface area (Å²) in [6.45, 7) is 0. The summed E-state index contributed by atoms with van der Waals surface area (Å²) in [4.78, 5) is 30.2. The number of hydrogen-bond acceptors (Lipinski definition) is 7. The van der Waals surface area contributed by atoms with E-state index in [9.17, 15) is 19.8 Å². The minimum absolute atomic E-state index is 0.0954. The van der Waals surface area contributed by atoms with Crippen LogP contribution in [0.5, 0.6) is 17.4 Å². The van der Waals surface area contributed by atoms with Crippen molar-refractivity contribution in [3.63, 3.8) is 0 Å². The van der Waals surface area contributed by atoms with Crippen LogP contribution in [0.15, 0.2) is 63.4 Å². The summed E-state index contributed by atoms with van der Waals surface area (Å²) in [6, 6.07) is 9.53. The lowest BCUT2D eigenvalue weighted by Gasteiger charge is -2.25. The van der Waals surface area contributed by atoms with E-state index in [1.54, 1.807) is 24.3 Å². The van der Waals surface area contributed by atoms with E-state index in [2.05, 4.69) is 4.98 Å². The fourth-order valence-corrected chi connectivity index (χ4v) is 4.97. The monoisotopic (exact) mass is 446 g/mol. The van der Waals surface area contributed by atoms with Gasteiger partial charge in [-0.2, -0.15) is 4.98 Å². The summed E-state index contributed by atoms with van der Waals surface area (Å²) < 4.78 is 13.8. The quantitative estimate of drug-likeness (QED) is 0.417. The molecular formula is C23H14N2O6S. The maximum atomic E-state index is 13.3. The van der Waals surface area contributed by atoms with E-state index in [1.165, 1.54) is 29.7 Å². The molecule has 1 aliphatic rings. The Morgan fingerprint density at radius 3 is 2.78 bits per heavy atom. The van der Waals surface area contributed by atoms with E-state index >= 15 is 0 Å². The molecule has 0 amide bonds. The van der Waals surface area contributed by atoms with Gasteiger partial charge >= 0.3 is 5.97 Å². The first-order chi connectivity index (χ1) is 15.5. The minimum Gasteiger partial charge on any atom is -0.508 e. The van der Waals surface area contributed by atoms with Crippen LogP contribution in [0.4, 0.5) is 0 Å². The average molecular weight is 446 g/mol. The number of thiazole rings is 1. The van der Waals surface area contributed by atoms with Crippen molar-refractivity contribution in [2.24, 2.45) is 0 Å². The van der Waals surface area contributed by atoms with Crippen molar-refractivity contribution in [1.82, 2.24) is 9.38 Å². The highest BCUT2D eigenvalue weighted by atomic mass is 32.1. The highest BCUT2D eigenvalue weighted by Crippen LogP contribution is 2.48. The smallest absolute Gasteiger partial charge is 0.304 e. The van der Waals surface area contributed by atoms with Crippen molar-refractivity contribution in [2.75, 3.05) is 0 Å². The molecule has 3 aromatic heterocycles. The lowest BCUT2D eigenvalue weighted by molar-refractivity contribution is -0.137. The van der Waals surface area contributed by atoms with Gasteiger partial charge in [-0.3, -0.25) is 14.0 Å². The molecule has 158 valence electrons. The average Bonchev–Trinajstić information content (AvgIpc) is 3.35. The number of aliphatic carboxylic acids is 1. The molecule has 0 saturated heterocycles. The fourth-order valence-electron chi connectivity index (χ4n) is 4.25. The van der Waals surface area contributed by atoms with Crippen LogP contribution in [0.2, 0.25) is 0 Å². The molecule has 0 spiro atoms. The van der Waals surface area contributed by atoms with Gasteiger partial charge in [-0.05, 0) is 29.8 Å². The summed E-state index contributed by atoms with van der Waals surface area (Å²) in [6.07, 6.45) is 2.97. The highest BCUT2D eigenvalue weighted by Gasteiger charge is 2.36. The molecule has 1 unspecified atom stereocenters.